The number of carbonyl (C=O) groups is 1. The second-order valence-electron chi connectivity index (χ2n) is 5.58. The lowest BCUT2D eigenvalue weighted by atomic mass is 10.2. The number of hydrogen-bond acceptors (Lipinski definition) is 6. The molecular weight excluding hydrogens is 350 g/mol. The van der Waals surface area contributed by atoms with E-state index in [-0.39, 0.29) is 12.2 Å². The van der Waals surface area contributed by atoms with E-state index < -0.39 is 5.97 Å². The van der Waals surface area contributed by atoms with E-state index in [2.05, 4.69) is 10.1 Å². The van der Waals surface area contributed by atoms with Crippen molar-refractivity contribution in [2.24, 2.45) is 0 Å². The van der Waals surface area contributed by atoms with Gasteiger partial charge in [-0.25, -0.2) is 9.78 Å². The van der Waals surface area contributed by atoms with E-state index in [1.165, 1.54) is 21.9 Å². The molecule has 0 unspecified atom stereocenters. The largest absolute Gasteiger partial charge is 0.456 e. The topological polar surface area (TPSA) is 73.6 Å². The number of fused-ring (bicyclic) bond motifs is 1. The first-order valence-electron chi connectivity index (χ1n) is 7.42. The maximum absolute atomic E-state index is 12.1. The molecule has 8 heteroatoms. The van der Waals surface area contributed by atoms with Gasteiger partial charge in [-0.15, -0.1) is 0 Å². The highest BCUT2D eigenvalue weighted by Gasteiger charge is 2.28. The van der Waals surface area contributed by atoms with Crippen LogP contribution in [0.15, 0.2) is 35.1 Å². The highest BCUT2D eigenvalue weighted by molar-refractivity contribution is 7.16. The smallest absolute Gasteiger partial charge is 0.338 e. The molecule has 1 fully saturated rings. The van der Waals surface area contributed by atoms with Crippen LogP contribution in [-0.2, 0) is 11.3 Å². The first-order chi connectivity index (χ1) is 11.6. The van der Waals surface area contributed by atoms with Gasteiger partial charge in [0.1, 0.15) is 11.6 Å². The zero-order chi connectivity index (χ0) is 16.7. The van der Waals surface area contributed by atoms with Gasteiger partial charge in [0.05, 0.1) is 11.3 Å². The van der Waals surface area contributed by atoms with Gasteiger partial charge in [-0.1, -0.05) is 22.9 Å². The lowest BCUT2D eigenvalue weighted by Crippen LogP contribution is -2.16. The van der Waals surface area contributed by atoms with Gasteiger partial charge in [-0.2, -0.15) is 9.61 Å². The minimum Gasteiger partial charge on any atom is -0.456 e. The Labute approximate surface area is 145 Å². The summed E-state index contributed by atoms with van der Waals surface area (Å²) in [6, 6.07) is 7.75. The van der Waals surface area contributed by atoms with E-state index in [0.717, 1.165) is 17.8 Å². The van der Waals surface area contributed by atoms with E-state index in [1.54, 1.807) is 24.3 Å². The summed E-state index contributed by atoms with van der Waals surface area (Å²) in [4.78, 5) is 29.0. The second kappa shape index (κ2) is 5.99. The zero-order valence-corrected chi connectivity index (χ0v) is 14.0. The Kier molecular flexibility index (Phi) is 3.82. The molecule has 1 aromatic carbocycles. The first kappa shape index (κ1) is 15.3. The number of halogens is 1. The molecule has 2 aromatic heterocycles. The van der Waals surface area contributed by atoms with Crippen molar-refractivity contribution in [2.75, 3.05) is 0 Å². The van der Waals surface area contributed by atoms with Crippen LogP contribution in [0.4, 0.5) is 0 Å². The SMILES string of the molecule is O=C(OCc1cc(=O)n2nc(C3CC3)sc2n1)c1ccc(Cl)cc1. The second-order valence-corrected chi connectivity index (χ2v) is 7.00. The summed E-state index contributed by atoms with van der Waals surface area (Å²) in [6.45, 7) is -0.0656. The van der Waals surface area contributed by atoms with Crippen molar-refractivity contribution >= 4 is 33.9 Å². The molecule has 2 heterocycles. The van der Waals surface area contributed by atoms with Gasteiger partial charge in [0, 0.05) is 17.0 Å². The number of ether oxygens (including phenoxy) is 1. The molecule has 0 radical (unpaired) electrons. The summed E-state index contributed by atoms with van der Waals surface area (Å²) in [5, 5.41) is 5.79. The summed E-state index contributed by atoms with van der Waals surface area (Å²) in [7, 11) is 0. The number of hydrogen-bond donors (Lipinski definition) is 0. The first-order valence-corrected chi connectivity index (χ1v) is 8.62. The summed E-state index contributed by atoms with van der Waals surface area (Å²) in [5.41, 5.74) is 0.542. The molecule has 0 N–H and O–H groups in total. The molecule has 0 amide bonds. The van der Waals surface area contributed by atoms with E-state index in [1.807, 2.05) is 0 Å². The van der Waals surface area contributed by atoms with Crippen LogP contribution in [0.2, 0.25) is 5.02 Å². The standard InChI is InChI=1S/C16H12ClN3O3S/c17-11-5-3-10(4-6-11)15(22)23-8-12-7-13(21)20-16(18-12)24-14(19-20)9-1-2-9/h3-7,9H,1-2,8H2. The van der Waals surface area contributed by atoms with Crippen LogP contribution < -0.4 is 5.56 Å². The van der Waals surface area contributed by atoms with Crippen molar-refractivity contribution in [1.29, 1.82) is 0 Å². The van der Waals surface area contributed by atoms with Gasteiger partial charge >= 0.3 is 5.97 Å². The fraction of sp³-hybridized carbons (Fsp3) is 0.250. The fourth-order valence-corrected chi connectivity index (χ4v) is 3.47. The molecule has 0 bridgehead atoms. The summed E-state index contributed by atoms with van der Waals surface area (Å²) >= 11 is 7.20. The molecule has 24 heavy (non-hydrogen) atoms. The number of rotatable bonds is 4. The minimum absolute atomic E-state index is 0.0656. The van der Waals surface area contributed by atoms with Crippen LogP contribution in [-0.4, -0.2) is 20.6 Å². The Morgan fingerprint density at radius 3 is 2.79 bits per heavy atom. The highest BCUT2D eigenvalue weighted by Crippen LogP contribution is 2.41. The van der Waals surface area contributed by atoms with Crippen molar-refractivity contribution in [2.45, 2.75) is 25.4 Å². The number of carbonyl (C=O) groups excluding carboxylic acids is 1. The van der Waals surface area contributed by atoms with Crippen LogP contribution in [0, 0.1) is 0 Å². The van der Waals surface area contributed by atoms with Gasteiger partial charge in [0.15, 0.2) is 0 Å². The van der Waals surface area contributed by atoms with Crippen molar-refractivity contribution in [3.8, 4) is 0 Å². The van der Waals surface area contributed by atoms with Crippen LogP contribution in [0.25, 0.3) is 4.96 Å². The van der Waals surface area contributed by atoms with E-state index >= 15 is 0 Å². The maximum Gasteiger partial charge on any atom is 0.338 e. The van der Waals surface area contributed by atoms with E-state index in [4.69, 9.17) is 16.3 Å². The summed E-state index contributed by atoms with van der Waals surface area (Å²) in [6.07, 6.45) is 2.22. The van der Waals surface area contributed by atoms with Crippen LogP contribution in [0.5, 0.6) is 0 Å². The normalized spacial score (nSPS) is 14.0. The minimum atomic E-state index is -0.489. The van der Waals surface area contributed by atoms with Crippen molar-refractivity contribution in [3.05, 3.63) is 62.0 Å². The highest BCUT2D eigenvalue weighted by atomic mass is 35.5. The Balaban J connectivity index is 1.52. The maximum atomic E-state index is 12.1. The van der Waals surface area contributed by atoms with Gasteiger partial charge < -0.3 is 4.74 Å². The van der Waals surface area contributed by atoms with Gasteiger partial charge in [0.2, 0.25) is 4.96 Å². The van der Waals surface area contributed by atoms with Crippen LogP contribution in [0.1, 0.15) is 39.8 Å². The Morgan fingerprint density at radius 1 is 1.33 bits per heavy atom. The Hall–Kier alpha value is -2.25. The monoisotopic (exact) mass is 361 g/mol. The number of nitrogens with zero attached hydrogens (tertiary/aromatic N) is 3. The van der Waals surface area contributed by atoms with Crippen molar-refractivity contribution in [3.63, 3.8) is 0 Å². The Morgan fingerprint density at radius 2 is 2.08 bits per heavy atom. The molecule has 0 atom stereocenters. The molecule has 0 spiro atoms. The third-order valence-electron chi connectivity index (χ3n) is 3.67. The van der Waals surface area contributed by atoms with Crippen molar-refractivity contribution < 1.29 is 9.53 Å². The number of esters is 1. The average Bonchev–Trinajstić information content (AvgIpc) is 3.33. The van der Waals surface area contributed by atoms with E-state index in [0.29, 0.717) is 27.2 Å². The molecule has 1 aliphatic rings. The summed E-state index contributed by atoms with van der Waals surface area (Å²) in [5.74, 6) is -0.0288. The summed E-state index contributed by atoms with van der Waals surface area (Å²) < 4.78 is 6.52. The van der Waals surface area contributed by atoms with Crippen molar-refractivity contribution in [1.82, 2.24) is 14.6 Å². The quantitative estimate of drug-likeness (QED) is 0.668. The molecule has 122 valence electrons. The average molecular weight is 362 g/mol. The molecule has 6 nitrogen and oxygen atoms in total. The zero-order valence-electron chi connectivity index (χ0n) is 12.4. The predicted molar refractivity (Wildman–Crippen MR) is 89.7 cm³/mol. The molecule has 0 saturated heterocycles. The van der Waals surface area contributed by atoms with Crippen LogP contribution in [0.3, 0.4) is 0 Å². The lowest BCUT2D eigenvalue weighted by molar-refractivity contribution is 0.0468. The lowest BCUT2D eigenvalue weighted by Gasteiger charge is -2.04. The molecule has 1 aliphatic carbocycles. The Bertz CT molecular complexity index is 976. The molecular formula is C16H12ClN3O3S. The van der Waals surface area contributed by atoms with E-state index in [9.17, 15) is 9.59 Å². The molecule has 1 saturated carbocycles. The van der Waals surface area contributed by atoms with Gasteiger partial charge in [-0.3, -0.25) is 4.79 Å². The van der Waals surface area contributed by atoms with Gasteiger partial charge in [-0.05, 0) is 37.1 Å². The number of aromatic nitrogens is 3. The third-order valence-corrected chi connectivity index (χ3v) is 4.99. The third kappa shape index (κ3) is 3.05. The van der Waals surface area contributed by atoms with Gasteiger partial charge in [0.25, 0.3) is 5.56 Å². The number of benzene rings is 1. The molecule has 4 rings (SSSR count). The van der Waals surface area contributed by atoms with Crippen LogP contribution >= 0.6 is 22.9 Å². The molecule has 0 aliphatic heterocycles. The fourth-order valence-electron chi connectivity index (χ4n) is 2.25. The predicted octanol–water partition coefficient (Wildman–Crippen LogP) is 3.04. The molecule has 3 aromatic rings.